The molecule has 0 nitrogen and oxygen atoms in total. The van der Waals surface area contributed by atoms with Crippen molar-refractivity contribution in [3.8, 4) is 0 Å². The van der Waals surface area contributed by atoms with Crippen molar-refractivity contribution in [2.75, 3.05) is 0 Å². The minimum Gasteiger partial charge on any atom is -0.0877 e. The van der Waals surface area contributed by atoms with Gasteiger partial charge in [-0.2, -0.15) is 0 Å². The van der Waals surface area contributed by atoms with Crippen LogP contribution in [0.2, 0.25) is 0 Å². The van der Waals surface area contributed by atoms with Crippen LogP contribution in [0.4, 0.5) is 0 Å². The van der Waals surface area contributed by atoms with Gasteiger partial charge < -0.3 is 0 Å². The molecule has 2 aliphatic rings. The average molecular weight is 108 g/mol. The van der Waals surface area contributed by atoms with E-state index in [9.17, 15) is 0 Å². The monoisotopic (exact) mass is 108 g/mol. The van der Waals surface area contributed by atoms with Crippen molar-refractivity contribution in [3.05, 3.63) is 12.2 Å². The Bertz CT molecular complexity index is 135. The van der Waals surface area contributed by atoms with E-state index in [1.165, 1.54) is 19.3 Å². The molecule has 0 bridgehead atoms. The van der Waals surface area contributed by atoms with E-state index in [4.69, 9.17) is 0 Å². The van der Waals surface area contributed by atoms with Crippen LogP contribution in [0.1, 0.15) is 26.2 Å². The van der Waals surface area contributed by atoms with Crippen LogP contribution in [-0.4, -0.2) is 0 Å². The molecule has 0 heterocycles. The summed E-state index contributed by atoms with van der Waals surface area (Å²) < 4.78 is 0. The van der Waals surface area contributed by atoms with Crippen LogP contribution in [0, 0.1) is 11.3 Å². The predicted octanol–water partition coefficient (Wildman–Crippen LogP) is 2.36. The molecule has 0 radical (unpaired) electrons. The van der Waals surface area contributed by atoms with E-state index in [-0.39, 0.29) is 0 Å². The highest BCUT2D eigenvalue weighted by Gasteiger charge is 2.42. The molecule has 2 rings (SSSR count). The molecule has 1 saturated carbocycles. The minimum absolute atomic E-state index is 0.653. The molecular weight excluding hydrogens is 96.1 g/mol. The lowest BCUT2D eigenvalue weighted by molar-refractivity contribution is 0.126. The molecule has 2 atom stereocenters. The maximum absolute atomic E-state index is 2.40. The fraction of sp³-hybridized carbons (Fsp3) is 0.750. The van der Waals surface area contributed by atoms with Crippen molar-refractivity contribution in [1.29, 1.82) is 0 Å². The Morgan fingerprint density at radius 1 is 1.62 bits per heavy atom. The smallest absolute Gasteiger partial charge is 0.0115 e. The van der Waals surface area contributed by atoms with Crippen LogP contribution in [0.25, 0.3) is 0 Å². The van der Waals surface area contributed by atoms with Crippen LogP contribution in [-0.2, 0) is 0 Å². The van der Waals surface area contributed by atoms with Crippen molar-refractivity contribution in [2.45, 2.75) is 26.2 Å². The molecule has 0 amide bonds. The molecule has 0 spiro atoms. The van der Waals surface area contributed by atoms with Crippen molar-refractivity contribution in [3.63, 3.8) is 0 Å². The van der Waals surface area contributed by atoms with Crippen LogP contribution in [0.5, 0.6) is 0 Å². The summed E-state index contributed by atoms with van der Waals surface area (Å²) in [6.45, 7) is 2.38. The third-order valence-corrected chi connectivity index (χ3v) is 2.88. The summed E-state index contributed by atoms with van der Waals surface area (Å²) in [5, 5.41) is 0. The predicted molar refractivity (Wildman–Crippen MR) is 34.6 cm³/mol. The maximum atomic E-state index is 2.40. The zero-order chi connectivity index (χ0) is 5.61. The first-order chi connectivity index (χ1) is 3.81. The third-order valence-electron chi connectivity index (χ3n) is 2.88. The summed E-state index contributed by atoms with van der Waals surface area (Å²) in [6.07, 6.45) is 9.02. The fourth-order valence-corrected chi connectivity index (χ4v) is 1.91. The summed E-state index contributed by atoms with van der Waals surface area (Å²) >= 11 is 0. The first-order valence-electron chi connectivity index (χ1n) is 3.49. The van der Waals surface area contributed by atoms with Gasteiger partial charge in [-0.25, -0.2) is 0 Å². The number of allylic oxidation sites excluding steroid dienone is 2. The van der Waals surface area contributed by atoms with Gasteiger partial charge in [0.2, 0.25) is 0 Å². The third kappa shape index (κ3) is 0.367. The number of hydrogen-bond donors (Lipinski definition) is 0. The van der Waals surface area contributed by atoms with Gasteiger partial charge in [0.15, 0.2) is 0 Å². The molecule has 0 aromatic carbocycles. The van der Waals surface area contributed by atoms with Gasteiger partial charge in [-0.1, -0.05) is 19.1 Å². The van der Waals surface area contributed by atoms with Crippen molar-refractivity contribution in [1.82, 2.24) is 0 Å². The normalized spacial score (nSPS) is 50.9. The Morgan fingerprint density at radius 2 is 2.50 bits per heavy atom. The zero-order valence-corrected chi connectivity index (χ0v) is 5.35. The molecule has 0 aromatic heterocycles. The van der Waals surface area contributed by atoms with Crippen LogP contribution >= 0.6 is 0 Å². The SMILES string of the molecule is C[C@]12C=CCC1CC2. The van der Waals surface area contributed by atoms with Gasteiger partial charge in [0.05, 0.1) is 0 Å². The molecule has 2 aliphatic carbocycles. The molecule has 0 aromatic rings. The average Bonchev–Trinajstić information content (AvgIpc) is 1.94. The Morgan fingerprint density at radius 3 is 2.75 bits per heavy atom. The second-order valence-corrected chi connectivity index (χ2v) is 3.38. The fourth-order valence-electron chi connectivity index (χ4n) is 1.91. The number of rotatable bonds is 0. The van der Waals surface area contributed by atoms with Gasteiger partial charge in [0.1, 0.15) is 0 Å². The van der Waals surface area contributed by atoms with Crippen LogP contribution in [0.15, 0.2) is 12.2 Å². The maximum Gasteiger partial charge on any atom is -0.0115 e. The van der Waals surface area contributed by atoms with Gasteiger partial charge >= 0.3 is 0 Å². The second-order valence-electron chi connectivity index (χ2n) is 3.38. The standard InChI is InChI=1S/C8H12/c1-8-5-2-3-7(8)4-6-8/h2,5,7H,3-4,6H2,1H3/t7?,8-/m1/s1. The Balaban J connectivity index is 2.24. The van der Waals surface area contributed by atoms with E-state index in [1.807, 2.05) is 0 Å². The molecule has 44 valence electrons. The van der Waals surface area contributed by atoms with E-state index in [2.05, 4.69) is 19.1 Å². The quantitative estimate of drug-likeness (QED) is 0.418. The molecular formula is C8H12. The minimum atomic E-state index is 0.653. The molecule has 0 saturated heterocycles. The highest BCUT2D eigenvalue weighted by molar-refractivity contribution is 5.14. The van der Waals surface area contributed by atoms with Gasteiger partial charge in [-0.3, -0.25) is 0 Å². The van der Waals surface area contributed by atoms with E-state index in [0.29, 0.717) is 5.41 Å². The Hall–Kier alpha value is -0.260. The lowest BCUT2D eigenvalue weighted by Gasteiger charge is -2.41. The molecule has 8 heavy (non-hydrogen) atoms. The highest BCUT2D eigenvalue weighted by atomic mass is 14.5. The van der Waals surface area contributed by atoms with Crippen molar-refractivity contribution in [2.24, 2.45) is 11.3 Å². The first-order valence-corrected chi connectivity index (χ1v) is 3.49. The van der Waals surface area contributed by atoms with Gasteiger partial charge in [0, 0.05) is 0 Å². The number of hydrogen-bond acceptors (Lipinski definition) is 0. The van der Waals surface area contributed by atoms with Crippen LogP contribution in [0.3, 0.4) is 0 Å². The molecule has 0 N–H and O–H groups in total. The summed E-state index contributed by atoms with van der Waals surface area (Å²) in [5.41, 5.74) is 0.653. The molecule has 1 unspecified atom stereocenters. The van der Waals surface area contributed by atoms with E-state index in [0.717, 1.165) is 5.92 Å². The van der Waals surface area contributed by atoms with Gasteiger partial charge in [-0.15, -0.1) is 0 Å². The summed E-state index contributed by atoms with van der Waals surface area (Å²) in [7, 11) is 0. The van der Waals surface area contributed by atoms with Gasteiger partial charge in [-0.05, 0) is 30.6 Å². The molecule has 0 heteroatoms. The summed E-state index contributed by atoms with van der Waals surface area (Å²) in [4.78, 5) is 0. The summed E-state index contributed by atoms with van der Waals surface area (Å²) in [5.74, 6) is 1.03. The number of fused-ring (bicyclic) bond motifs is 1. The largest absolute Gasteiger partial charge is 0.0877 e. The Labute approximate surface area is 50.6 Å². The topological polar surface area (TPSA) is 0 Å². The van der Waals surface area contributed by atoms with Gasteiger partial charge in [0.25, 0.3) is 0 Å². The highest BCUT2D eigenvalue weighted by Crippen LogP contribution is 2.52. The lowest BCUT2D eigenvalue weighted by Crippen LogP contribution is -2.31. The molecule has 1 fully saturated rings. The van der Waals surface area contributed by atoms with E-state index in [1.54, 1.807) is 0 Å². The second kappa shape index (κ2) is 1.18. The first kappa shape index (κ1) is 4.60. The van der Waals surface area contributed by atoms with Crippen molar-refractivity contribution >= 4 is 0 Å². The zero-order valence-electron chi connectivity index (χ0n) is 5.35. The van der Waals surface area contributed by atoms with Crippen molar-refractivity contribution < 1.29 is 0 Å². The summed E-state index contributed by atoms with van der Waals surface area (Å²) in [6, 6.07) is 0. The lowest BCUT2D eigenvalue weighted by atomic mass is 9.64. The van der Waals surface area contributed by atoms with E-state index >= 15 is 0 Å². The Kier molecular flexibility index (Phi) is 0.677. The molecule has 0 aliphatic heterocycles. The van der Waals surface area contributed by atoms with E-state index < -0.39 is 0 Å². The van der Waals surface area contributed by atoms with Crippen LogP contribution < -0.4 is 0 Å².